The van der Waals surface area contributed by atoms with Crippen molar-refractivity contribution < 1.29 is 13.9 Å². The first-order chi connectivity index (χ1) is 8.79. The third kappa shape index (κ3) is 1.68. The van der Waals surface area contributed by atoms with E-state index in [1.54, 1.807) is 0 Å². The van der Waals surface area contributed by atoms with Gasteiger partial charge in [0.1, 0.15) is 11.6 Å². The van der Waals surface area contributed by atoms with Gasteiger partial charge in [-0.05, 0) is 29.3 Å². The number of halogens is 1. The molecule has 3 heteroatoms. The Kier molecular flexibility index (Phi) is 2.59. The van der Waals surface area contributed by atoms with Crippen molar-refractivity contribution in [2.75, 3.05) is 6.61 Å². The highest BCUT2D eigenvalue weighted by molar-refractivity contribution is 5.89. The number of carbonyl (C=O) groups excluding carboxylic acids is 1. The summed E-state index contributed by atoms with van der Waals surface area (Å²) in [5, 5.41) is 0. The molecule has 2 aromatic carbocycles. The number of hydrogen-bond acceptors (Lipinski definition) is 2. The minimum absolute atomic E-state index is 0.355. The number of fused-ring (bicyclic) bond motifs is 1. The largest absolute Gasteiger partial charge is 0.492 e. The first kappa shape index (κ1) is 11.0. The summed E-state index contributed by atoms with van der Waals surface area (Å²) in [5.74, 6) is 0.414. The van der Waals surface area contributed by atoms with Crippen LogP contribution in [0.2, 0.25) is 0 Å². The van der Waals surface area contributed by atoms with Crippen LogP contribution in [-0.4, -0.2) is 12.9 Å². The van der Waals surface area contributed by atoms with Crippen molar-refractivity contribution in [1.82, 2.24) is 0 Å². The molecule has 0 aliphatic carbocycles. The maximum Gasteiger partial charge on any atom is 0.150 e. The fourth-order valence-electron chi connectivity index (χ4n) is 2.29. The summed E-state index contributed by atoms with van der Waals surface area (Å²) in [6.07, 6.45) is 1.60. The Morgan fingerprint density at radius 2 is 2.06 bits per heavy atom. The molecule has 1 heterocycles. The molecule has 3 rings (SSSR count). The van der Waals surface area contributed by atoms with Crippen molar-refractivity contribution >= 4 is 6.29 Å². The highest BCUT2D eigenvalue weighted by Crippen LogP contribution is 2.38. The van der Waals surface area contributed by atoms with Crippen LogP contribution in [-0.2, 0) is 6.42 Å². The number of carbonyl (C=O) groups is 1. The number of ether oxygens (including phenoxy) is 1. The molecule has 2 nitrogen and oxygen atoms in total. The van der Waals surface area contributed by atoms with Crippen LogP contribution in [0.25, 0.3) is 11.1 Å². The zero-order chi connectivity index (χ0) is 12.5. The summed E-state index contributed by atoms with van der Waals surface area (Å²) in [4.78, 5) is 11.0. The summed E-state index contributed by atoms with van der Waals surface area (Å²) in [6.45, 7) is 0.637. The Morgan fingerprint density at radius 1 is 1.17 bits per heavy atom. The zero-order valence-electron chi connectivity index (χ0n) is 9.65. The van der Waals surface area contributed by atoms with Gasteiger partial charge >= 0.3 is 0 Å². The van der Waals surface area contributed by atoms with Crippen LogP contribution in [0.4, 0.5) is 4.39 Å². The summed E-state index contributed by atoms with van der Waals surface area (Å²) in [5.41, 5.74) is 2.95. The standard InChI is InChI=1S/C15H11FO2/c16-12-5-4-11(9-17)14(8-12)13-3-1-2-10-6-7-18-15(10)13/h1-5,8-9H,6-7H2. The maximum atomic E-state index is 13.4. The van der Waals surface area contributed by atoms with Gasteiger partial charge in [0, 0.05) is 17.5 Å². The van der Waals surface area contributed by atoms with E-state index in [-0.39, 0.29) is 5.82 Å². The first-order valence-corrected chi connectivity index (χ1v) is 5.79. The molecule has 2 aromatic rings. The number of aldehydes is 1. The van der Waals surface area contributed by atoms with E-state index in [1.165, 1.54) is 18.2 Å². The lowest BCUT2D eigenvalue weighted by atomic mass is 9.97. The van der Waals surface area contributed by atoms with E-state index in [9.17, 15) is 9.18 Å². The van der Waals surface area contributed by atoms with Gasteiger partial charge < -0.3 is 4.74 Å². The van der Waals surface area contributed by atoms with E-state index in [0.717, 1.165) is 29.6 Å². The van der Waals surface area contributed by atoms with Crippen LogP contribution in [0.5, 0.6) is 5.75 Å². The summed E-state index contributed by atoms with van der Waals surface area (Å²) in [7, 11) is 0. The molecule has 0 spiro atoms. The number of para-hydroxylation sites is 1. The second kappa shape index (κ2) is 4.26. The van der Waals surface area contributed by atoms with Crippen LogP contribution < -0.4 is 4.74 Å². The lowest BCUT2D eigenvalue weighted by molar-refractivity contribution is 0.112. The third-order valence-corrected chi connectivity index (χ3v) is 3.15. The van der Waals surface area contributed by atoms with Crippen LogP contribution in [0, 0.1) is 5.82 Å². The molecule has 0 amide bonds. The van der Waals surface area contributed by atoms with E-state index in [0.29, 0.717) is 17.7 Å². The molecule has 1 aliphatic heterocycles. The van der Waals surface area contributed by atoms with Crippen LogP contribution in [0.1, 0.15) is 15.9 Å². The molecule has 0 unspecified atom stereocenters. The van der Waals surface area contributed by atoms with Gasteiger partial charge in [-0.2, -0.15) is 0 Å². The van der Waals surface area contributed by atoms with Crippen molar-refractivity contribution in [1.29, 1.82) is 0 Å². The van der Waals surface area contributed by atoms with Gasteiger partial charge in [0.15, 0.2) is 6.29 Å². The average molecular weight is 242 g/mol. The van der Waals surface area contributed by atoms with E-state index in [2.05, 4.69) is 0 Å². The topological polar surface area (TPSA) is 26.3 Å². The summed E-state index contributed by atoms with van der Waals surface area (Å²) < 4.78 is 18.9. The average Bonchev–Trinajstić information content (AvgIpc) is 2.86. The Balaban J connectivity index is 2.24. The minimum Gasteiger partial charge on any atom is -0.492 e. The molecule has 0 aromatic heterocycles. The number of hydrogen-bond donors (Lipinski definition) is 0. The van der Waals surface area contributed by atoms with Crippen molar-refractivity contribution in [2.24, 2.45) is 0 Å². The van der Waals surface area contributed by atoms with Crippen molar-refractivity contribution in [3.63, 3.8) is 0 Å². The van der Waals surface area contributed by atoms with Crippen molar-refractivity contribution in [2.45, 2.75) is 6.42 Å². The molecular weight excluding hydrogens is 231 g/mol. The van der Waals surface area contributed by atoms with E-state index < -0.39 is 0 Å². The normalized spacial score (nSPS) is 12.9. The molecule has 0 bridgehead atoms. The smallest absolute Gasteiger partial charge is 0.150 e. The van der Waals surface area contributed by atoms with Crippen molar-refractivity contribution in [3.05, 3.63) is 53.3 Å². The monoisotopic (exact) mass is 242 g/mol. The van der Waals surface area contributed by atoms with Crippen LogP contribution >= 0.6 is 0 Å². The molecule has 0 fully saturated rings. The fourth-order valence-corrected chi connectivity index (χ4v) is 2.29. The molecule has 90 valence electrons. The second-order valence-electron chi connectivity index (χ2n) is 4.24. The fraction of sp³-hybridized carbons (Fsp3) is 0.133. The van der Waals surface area contributed by atoms with Gasteiger partial charge in [0.2, 0.25) is 0 Å². The highest BCUT2D eigenvalue weighted by Gasteiger charge is 2.18. The molecule has 18 heavy (non-hydrogen) atoms. The summed E-state index contributed by atoms with van der Waals surface area (Å²) in [6, 6.07) is 9.91. The van der Waals surface area contributed by atoms with Gasteiger partial charge in [0.05, 0.1) is 6.61 Å². The molecule has 0 N–H and O–H groups in total. The zero-order valence-corrected chi connectivity index (χ0v) is 9.65. The third-order valence-electron chi connectivity index (χ3n) is 3.15. The Labute approximate surface area is 104 Å². The second-order valence-corrected chi connectivity index (χ2v) is 4.24. The molecule has 0 radical (unpaired) electrons. The van der Waals surface area contributed by atoms with Gasteiger partial charge in [0.25, 0.3) is 0 Å². The lowest BCUT2D eigenvalue weighted by Gasteiger charge is -2.10. The quantitative estimate of drug-likeness (QED) is 0.756. The first-order valence-electron chi connectivity index (χ1n) is 5.79. The van der Waals surface area contributed by atoms with E-state index in [1.807, 2.05) is 18.2 Å². The molecule has 0 saturated heterocycles. The minimum atomic E-state index is -0.355. The van der Waals surface area contributed by atoms with Crippen molar-refractivity contribution in [3.8, 4) is 16.9 Å². The Morgan fingerprint density at radius 3 is 2.89 bits per heavy atom. The van der Waals surface area contributed by atoms with Gasteiger partial charge in [-0.3, -0.25) is 4.79 Å². The molecular formula is C15H11FO2. The number of benzene rings is 2. The van der Waals surface area contributed by atoms with E-state index >= 15 is 0 Å². The van der Waals surface area contributed by atoms with Crippen LogP contribution in [0.15, 0.2) is 36.4 Å². The Hall–Kier alpha value is -2.16. The lowest BCUT2D eigenvalue weighted by Crippen LogP contribution is -1.93. The molecule has 0 atom stereocenters. The van der Waals surface area contributed by atoms with Crippen LogP contribution in [0.3, 0.4) is 0 Å². The highest BCUT2D eigenvalue weighted by atomic mass is 19.1. The maximum absolute atomic E-state index is 13.4. The predicted octanol–water partition coefficient (Wildman–Crippen LogP) is 3.24. The van der Waals surface area contributed by atoms with Gasteiger partial charge in [-0.1, -0.05) is 18.2 Å². The SMILES string of the molecule is O=Cc1ccc(F)cc1-c1cccc2c1OCC2. The predicted molar refractivity (Wildman–Crippen MR) is 66.4 cm³/mol. The van der Waals surface area contributed by atoms with Gasteiger partial charge in [-0.25, -0.2) is 4.39 Å². The van der Waals surface area contributed by atoms with E-state index in [4.69, 9.17) is 4.74 Å². The Bertz CT molecular complexity index is 620. The molecule has 0 saturated carbocycles. The number of rotatable bonds is 2. The summed E-state index contributed by atoms with van der Waals surface area (Å²) >= 11 is 0. The van der Waals surface area contributed by atoms with Gasteiger partial charge in [-0.15, -0.1) is 0 Å². The molecule has 1 aliphatic rings.